The van der Waals surface area contributed by atoms with Gasteiger partial charge in [-0.1, -0.05) is 36.4 Å². The van der Waals surface area contributed by atoms with Crippen LogP contribution in [0.5, 0.6) is 0 Å². The van der Waals surface area contributed by atoms with Crippen molar-refractivity contribution in [2.75, 3.05) is 14.2 Å². The van der Waals surface area contributed by atoms with Crippen molar-refractivity contribution in [3.8, 4) is 0 Å². The number of rotatable bonds is 14. The van der Waals surface area contributed by atoms with Crippen LogP contribution < -0.4 is 0 Å². The van der Waals surface area contributed by atoms with Crippen molar-refractivity contribution in [3.05, 3.63) is 202 Å². The molecule has 7 rings (SSSR count). The summed E-state index contributed by atoms with van der Waals surface area (Å²) >= 11 is 19.3. The lowest BCUT2D eigenvalue weighted by Crippen LogP contribution is -2.33. The van der Waals surface area contributed by atoms with Gasteiger partial charge in [-0.2, -0.15) is 0 Å². The number of aldehydes is 1. The zero-order valence-electron chi connectivity index (χ0n) is 43.0. The van der Waals surface area contributed by atoms with Crippen LogP contribution in [0.1, 0.15) is 100 Å². The van der Waals surface area contributed by atoms with Gasteiger partial charge in [-0.25, -0.2) is 13.2 Å². The Balaban J connectivity index is 0.000000256. The molecule has 3 unspecified atom stereocenters. The van der Waals surface area contributed by atoms with Gasteiger partial charge in [0.1, 0.15) is 23.6 Å². The van der Waals surface area contributed by atoms with Crippen molar-refractivity contribution in [3.63, 3.8) is 0 Å². The molecule has 2 N–H and O–H groups in total. The van der Waals surface area contributed by atoms with E-state index in [4.69, 9.17) is 13.9 Å². The highest BCUT2D eigenvalue weighted by molar-refractivity contribution is 9.11. The number of carbonyl (C=O) groups excluding carboxylic acids is 2. The summed E-state index contributed by atoms with van der Waals surface area (Å²) in [7, 11) is 1.53. The Kier molecular flexibility index (Phi) is 26.6. The van der Waals surface area contributed by atoms with E-state index >= 15 is 0 Å². The number of allylic oxidation sites excluding steroid dienone is 1. The van der Waals surface area contributed by atoms with Crippen LogP contribution in [0.25, 0.3) is 0 Å². The molecular formula is C55H59Br4F3O8S4Si. The molecule has 0 fully saturated rings. The van der Waals surface area contributed by atoms with E-state index in [2.05, 4.69) is 83.4 Å². The molecule has 0 aliphatic heterocycles. The zero-order valence-corrected chi connectivity index (χ0v) is 53.6. The number of methoxy groups -OCH3 is 2. The summed E-state index contributed by atoms with van der Waals surface area (Å²) in [5, 5.41) is 19.5. The molecule has 4 aromatic heterocycles. The highest BCUT2D eigenvalue weighted by Crippen LogP contribution is 2.46. The van der Waals surface area contributed by atoms with Crippen molar-refractivity contribution >= 4 is 136 Å². The summed E-state index contributed by atoms with van der Waals surface area (Å²) in [6.45, 7) is 17.3. The minimum Gasteiger partial charge on any atom is -0.520 e. The minimum atomic E-state index is -1.49. The first-order valence-electron chi connectivity index (χ1n) is 22.7. The average molecular weight is 1380 g/mol. The third-order valence-electron chi connectivity index (χ3n) is 10.6. The molecule has 0 amide bonds. The fourth-order valence-electron chi connectivity index (χ4n) is 7.05. The number of thiophene rings is 4. The van der Waals surface area contributed by atoms with Crippen molar-refractivity contribution in [1.29, 1.82) is 0 Å². The van der Waals surface area contributed by atoms with Gasteiger partial charge in [0.2, 0.25) is 8.32 Å². The van der Waals surface area contributed by atoms with Crippen LogP contribution in [0, 0.1) is 28.3 Å². The smallest absolute Gasteiger partial charge is 0.312 e. The van der Waals surface area contributed by atoms with Crippen LogP contribution in [-0.4, -0.2) is 51.0 Å². The molecule has 20 heteroatoms. The van der Waals surface area contributed by atoms with Gasteiger partial charge in [0.15, 0.2) is 6.29 Å². The number of carboxylic acids is 1. The van der Waals surface area contributed by atoms with Crippen molar-refractivity contribution in [1.82, 2.24) is 0 Å². The second-order valence-electron chi connectivity index (χ2n) is 18.6. The summed E-state index contributed by atoms with van der Waals surface area (Å²) < 4.78 is 59.5. The van der Waals surface area contributed by atoms with Crippen LogP contribution in [0.3, 0.4) is 0 Å². The third kappa shape index (κ3) is 20.9. The molecule has 0 spiro atoms. The molecule has 4 heterocycles. The standard InChI is InChI=1S/C16H16BrFO2S.C15H14BrFO2S.C11H8BrFOS.C8H18O2Si.C5H3BrOS/c1-16(2,15(19)20-3)14(12-7-8-13(17)21-12)10-5-4-6-11(18)9-10;1-15(2,14(18)19)13(11-6-7-12(16)20-11)9-4-3-5-10(17)8-9;12-10-5-4-9(15-10)11(14)7-2-1-3-8(13)6-7;1-7(2)8(9-3)10-11(4,5)6;6-5-2-1-4(3-7)8-5/h4-9,14H,1-3H3;3-8,13H,1-2H3,(H,18,19);1-6,11,14H;1-6H3;1-3H. The first kappa shape index (κ1) is 65.6. The van der Waals surface area contributed by atoms with E-state index in [1.807, 2.05) is 76.2 Å². The number of benzene rings is 3. The summed E-state index contributed by atoms with van der Waals surface area (Å²) in [5.41, 5.74) is 1.27. The maximum absolute atomic E-state index is 13.6. The van der Waals surface area contributed by atoms with Crippen molar-refractivity contribution < 1.29 is 51.7 Å². The normalized spacial score (nSPS) is 12.3. The fourth-order valence-corrected chi connectivity index (χ4v) is 14.0. The van der Waals surface area contributed by atoms with Gasteiger partial charge in [0.05, 0.1) is 45.1 Å². The Hall–Kier alpha value is -3.70. The molecule has 8 nitrogen and oxygen atoms in total. The van der Waals surface area contributed by atoms with Gasteiger partial charge >= 0.3 is 11.9 Å². The number of ether oxygens (including phenoxy) is 2. The van der Waals surface area contributed by atoms with Gasteiger partial charge in [-0.05, 0) is 227 Å². The molecule has 0 saturated heterocycles. The fraction of sp³-hybridized carbons (Fsp3) is 0.291. The molecule has 0 aliphatic carbocycles. The van der Waals surface area contributed by atoms with Crippen LogP contribution >= 0.6 is 109 Å². The van der Waals surface area contributed by atoms with Gasteiger partial charge in [-0.15, -0.1) is 45.3 Å². The molecule has 0 bridgehead atoms. The molecule has 404 valence electrons. The maximum atomic E-state index is 13.6. The van der Waals surface area contributed by atoms with E-state index < -0.39 is 37.1 Å². The number of hydrogen-bond donors (Lipinski definition) is 2. The highest BCUT2D eigenvalue weighted by atomic mass is 79.9. The van der Waals surface area contributed by atoms with Crippen LogP contribution in [-0.2, 0) is 23.5 Å². The summed E-state index contributed by atoms with van der Waals surface area (Å²) in [6, 6.07) is 33.5. The Morgan fingerprint density at radius 2 is 0.973 bits per heavy atom. The first-order valence-corrected chi connectivity index (χ1v) is 32.5. The van der Waals surface area contributed by atoms with Crippen LogP contribution in [0.15, 0.2) is 148 Å². The number of hydrogen-bond acceptors (Lipinski definition) is 11. The van der Waals surface area contributed by atoms with Crippen molar-refractivity contribution in [2.45, 2.75) is 79.1 Å². The molecular weight excluding hydrogens is 1320 g/mol. The molecule has 7 aromatic rings. The number of halogens is 7. The predicted octanol–water partition coefficient (Wildman–Crippen LogP) is 18.7. The minimum absolute atomic E-state index is 0.267. The topological polar surface area (TPSA) is 119 Å². The molecule has 3 atom stereocenters. The quantitative estimate of drug-likeness (QED) is 0.0478. The Labute approximate surface area is 488 Å². The lowest BCUT2D eigenvalue weighted by Gasteiger charge is -2.31. The summed E-state index contributed by atoms with van der Waals surface area (Å²) in [4.78, 5) is 37.2. The van der Waals surface area contributed by atoms with Gasteiger partial charge in [-0.3, -0.25) is 14.4 Å². The molecule has 0 radical (unpaired) electrons. The summed E-state index contributed by atoms with van der Waals surface area (Å²) in [5.74, 6) is -2.20. The number of carboxylic acid groups (broad SMARTS) is 1. The van der Waals surface area contributed by atoms with E-state index in [9.17, 15) is 37.8 Å². The van der Waals surface area contributed by atoms with Gasteiger partial charge < -0.3 is 24.1 Å². The predicted molar refractivity (Wildman–Crippen MR) is 317 cm³/mol. The van der Waals surface area contributed by atoms with Crippen molar-refractivity contribution in [2.24, 2.45) is 10.8 Å². The maximum Gasteiger partial charge on any atom is 0.312 e. The third-order valence-corrected chi connectivity index (χ3v) is 18.0. The van der Waals surface area contributed by atoms with E-state index in [0.717, 1.165) is 52.1 Å². The molecule has 0 aliphatic rings. The summed E-state index contributed by atoms with van der Waals surface area (Å²) in [6.07, 6.45) is 0.0899. The van der Waals surface area contributed by atoms with Crippen LogP contribution in [0.4, 0.5) is 13.2 Å². The Morgan fingerprint density at radius 1 is 0.587 bits per heavy atom. The van der Waals surface area contributed by atoms with E-state index in [1.165, 1.54) is 88.9 Å². The Morgan fingerprint density at radius 3 is 1.27 bits per heavy atom. The highest BCUT2D eigenvalue weighted by Gasteiger charge is 2.41. The number of aliphatic hydroxyl groups is 1. The van der Waals surface area contributed by atoms with E-state index in [0.29, 0.717) is 17.1 Å². The largest absolute Gasteiger partial charge is 0.520 e. The monoisotopic (exact) mass is 1380 g/mol. The second-order valence-corrected chi connectivity index (χ2v) is 33.0. The SMILES string of the molecule is CC(C)(C(=O)O)C(c1cccc(F)c1)c1ccc(Br)s1.COC(=O)C(C)(C)C(c1cccc(F)c1)c1ccc(Br)s1.COC(O[Si](C)(C)C)=C(C)C.O=Cc1ccc(Br)s1.OC(c1cccc(F)c1)c1ccc(Br)s1. The first-order chi connectivity index (χ1) is 35.0. The van der Waals surface area contributed by atoms with Gasteiger partial charge in [0, 0.05) is 32.0 Å². The number of carbonyl (C=O) groups is 3. The molecule has 3 aromatic carbocycles. The van der Waals surface area contributed by atoms with Crippen LogP contribution in [0.2, 0.25) is 19.6 Å². The molecule has 75 heavy (non-hydrogen) atoms. The average Bonchev–Trinajstić information content (AvgIpc) is 4.17. The lowest BCUT2D eigenvalue weighted by molar-refractivity contribution is -0.151. The Bertz CT molecular complexity index is 2980. The van der Waals surface area contributed by atoms with E-state index in [-0.39, 0.29) is 29.3 Å². The number of esters is 1. The number of aliphatic carboxylic acids is 1. The zero-order chi connectivity index (χ0) is 56.4. The molecule has 0 saturated carbocycles. The lowest BCUT2D eigenvalue weighted by atomic mass is 9.74. The van der Waals surface area contributed by atoms with E-state index in [1.54, 1.807) is 57.4 Å². The van der Waals surface area contributed by atoms with Gasteiger partial charge in [0.25, 0.3) is 5.95 Å². The number of aliphatic hydroxyl groups excluding tert-OH is 1. The second kappa shape index (κ2) is 30.4.